The number of ether oxygens (including phenoxy) is 1. The number of carbonyl (C=O) groups excluding carboxylic acids is 1. The highest BCUT2D eigenvalue weighted by atomic mass is 16.5. The van der Waals surface area contributed by atoms with Crippen molar-refractivity contribution in [2.24, 2.45) is 11.7 Å². The fraction of sp³-hybridized carbons (Fsp3) is 0.889. The van der Waals surface area contributed by atoms with Gasteiger partial charge in [-0.25, -0.2) is 0 Å². The van der Waals surface area contributed by atoms with Crippen LogP contribution < -0.4 is 5.73 Å². The highest BCUT2D eigenvalue weighted by molar-refractivity contribution is 5.76. The van der Waals surface area contributed by atoms with Crippen molar-refractivity contribution in [1.29, 1.82) is 0 Å². The monoisotopic (exact) mass is 187 g/mol. The Hall–Kier alpha value is -0.610. The van der Waals surface area contributed by atoms with E-state index >= 15 is 0 Å². The van der Waals surface area contributed by atoms with Crippen molar-refractivity contribution >= 4 is 5.97 Å². The normalized spacial score (nSPS) is 30.1. The first kappa shape index (κ1) is 10.5. The summed E-state index contributed by atoms with van der Waals surface area (Å²) in [5.41, 5.74) is 5.66. The van der Waals surface area contributed by atoms with Crippen LogP contribution in [0, 0.1) is 5.92 Å². The highest BCUT2D eigenvalue weighted by Gasteiger charge is 2.34. The third-order valence-electron chi connectivity index (χ3n) is 2.55. The molecule has 0 aromatic carbocycles. The Bertz CT molecular complexity index is 184. The molecular formula is C9H17NO3. The van der Waals surface area contributed by atoms with Gasteiger partial charge in [-0.15, -0.1) is 0 Å². The van der Waals surface area contributed by atoms with E-state index in [9.17, 15) is 9.90 Å². The van der Waals surface area contributed by atoms with Crippen LogP contribution >= 0.6 is 0 Å². The molecule has 76 valence electrons. The number of aliphatic hydroxyl groups excluding tert-OH is 1. The van der Waals surface area contributed by atoms with Gasteiger partial charge in [0.1, 0.15) is 6.04 Å². The topological polar surface area (TPSA) is 72.5 Å². The number of rotatable bonds is 3. The standard InChI is InChI=1S/C9H17NO3/c1-2-13-9(12)8(10)6-4-3-5-7(6)11/h6-8,11H,2-5,10H2,1H3/t6-,7?,8-/m0/s1. The van der Waals surface area contributed by atoms with Crippen molar-refractivity contribution in [3.05, 3.63) is 0 Å². The van der Waals surface area contributed by atoms with Crippen LogP contribution in [0.5, 0.6) is 0 Å². The Kier molecular flexibility index (Phi) is 3.69. The second-order valence-electron chi connectivity index (χ2n) is 3.44. The summed E-state index contributed by atoms with van der Waals surface area (Å²) in [5.74, 6) is -0.507. The maximum absolute atomic E-state index is 11.2. The lowest BCUT2D eigenvalue weighted by Gasteiger charge is -2.20. The van der Waals surface area contributed by atoms with Crippen molar-refractivity contribution in [3.8, 4) is 0 Å². The summed E-state index contributed by atoms with van der Waals surface area (Å²) in [7, 11) is 0. The van der Waals surface area contributed by atoms with Crippen LogP contribution in [-0.2, 0) is 9.53 Å². The van der Waals surface area contributed by atoms with Crippen molar-refractivity contribution < 1.29 is 14.6 Å². The molecule has 3 atom stereocenters. The summed E-state index contributed by atoms with van der Waals surface area (Å²) in [6, 6.07) is -0.655. The minimum Gasteiger partial charge on any atom is -0.465 e. The molecule has 1 saturated carbocycles. The molecule has 0 saturated heterocycles. The summed E-state index contributed by atoms with van der Waals surface area (Å²) in [6.07, 6.45) is 2.08. The Labute approximate surface area is 78.1 Å². The molecule has 0 spiro atoms. The van der Waals surface area contributed by atoms with E-state index in [1.54, 1.807) is 6.92 Å². The third kappa shape index (κ3) is 2.42. The first-order chi connectivity index (χ1) is 6.16. The van der Waals surface area contributed by atoms with Crippen molar-refractivity contribution in [1.82, 2.24) is 0 Å². The smallest absolute Gasteiger partial charge is 0.323 e. The maximum Gasteiger partial charge on any atom is 0.323 e. The van der Waals surface area contributed by atoms with Gasteiger partial charge < -0.3 is 15.6 Å². The predicted octanol–water partition coefficient (Wildman–Crippen LogP) is 0.0378. The minimum absolute atomic E-state index is 0.112. The molecule has 0 aromatic heterocycles. The second kappa shape index (κ2) is 4.58. The third-order valence-corrected chi connectivity index (χ3v) is 2.55. The summed E-state index contributed by atoms with van der Waals surface area (Å²) in [4.78, 5) is 11.2. The first-order valence-corrected chi connectivity index (χ1v) is 4.77. The molecule has 1 aliphatic carbocycles. The van der Waals surface area contributed by atoms with E-state index in [4.69, 9.17) is 10.5 Å². The summed E-state index contributed by atoms with van der Waals surface area (Å²) >= 11 is 0. The van der Waals surface area contributed by atoms with E-state index in [0.717, 1.165) is 19.3 Å². The zero-order chi connectivity index (χ0) is 9.84. The van der Waals surface area contributed by atoms with Crippen LogP contribution in [0.2, 0.25) is 0 Å². The number of carbonyl (C=O) groups is 1. The first-order valence-electron chi connectivity index (χ1n) is 4.77. The average molecular weight is 187 g/mol. The van der Waals surface area contributed by atoms with Gasteiger partial charge in [-0.1, -0.05) is 6.42 Å². The van der Waals surface area contributed by atoms with Gasteiger partial charge in [0.2, 0.25) is 0 Å². The zero-order valence-corrected chi connectivity index (χ0v) is 7.90. The van der Waals surface area contributed by atoms with Crippen molar-refractivity contribution in [2.45, 2.75) is 38.3 Å². The molecule has 1 aliphatic rings. The second-order valence-corrected chi connectivity index (χ2v) is 3.44. The number of nitrogens with two attached hydrogens (primary N) is 1. The van der Waals surface area contributed by atoms with Crippen molar-refractivity contribution in [3.63, 3.8) is 0 Å². The maximum atomic E-state index is 11.2. The molecule has 3 N–H and O–H groups in total. The minimum atomic E-state index is -0.655. The molecule has 4 heteroatoms. The number of esters is 1. The Morgan fingerprint density at radius 3 is 2.85 bits per heavy atom. The lowest BCUT2D eigenvalue weighted by atomic mass is 9.97. The Balaban J connectivity index is 2.45. The summed E-state index contributed by atoms with van der Waals surface area (Å²) in [6.45, 7) is 2.09. The van der Waals surface area contributed by atoms with Crippen LogP contribution in [0.1, 0.15) is 26.2 Å². The lowest BCUT2D eigenvalue weighted by Crippen LogP contribution is -2.42. The molecule has 13 heavy (non-hydrogen) atoms. The van der Waals surface area contributed by atoms with Crippen LogP contribution in [0.25, 0.3) is 0 Å². The molecular weight excluding hydrogens is 170 g/mol. The van der Waals surface area contributed by atoms with Gasteiger partial charge in [0.05, 0.1) is 12.7 Å². The van der Waals surface area contributed by atoms with E-state index in [2.05, 4.69) is 0 Å². The summed E-state index contributed by atoms with van der Waals surface area (Å²) < 4.78 is 4.79. The van der Waals surface area contributed by atoms with E-state index in [0.29, 0.717) is 6.61 Å². The largest absolute Gasteiger partial charge is 0.465 e. The van der Waals surface area contributed by atoms with Gasteiger partial charge >= 0.3 is 5.97 Å². The fourth-order valence-corrected chi connectivity index (χ4v) is 1.80. The molecule has 0 aliphatic heterocycles. The van der Waals surface area contributed by atoms with Gasteiger partial charge in [-0.3, -0.25) is 4.79 Å². The molecule has 1 rings (SSSR count). The average Bonchev–Trinajstić information content (AvgIpc) is 2.50. The van der Waals surface area contributed by atoms with Gasteiger partial charge in [-0.05, 0) is 19.8 Å². The lowest BCUT2D eigenvalue weighted by molar-refractivity contribution is -0.147. The highest BCUT2D eigenvalue weighted by Crippen LogP contribution is 2.27. The van der Waals surface area contributed by atoms with Gasteiger partial charge in [0.15, 0.2) is 0 Å². The van der Waals surface area contributed by atoms with E-state index in [1.807, 2.05) is 0 Å². The van der Waals surface area contributed by atoms with E-state index in [-0.39, 0.29) is 5.92 Å². The SMILES string of the molecule is CCOC(=O)[C@@H](N)[C@H]1CCCC1O. The molecule has 1 fully saturated rings. The fourth-order valence-electron chi connectivity index (χ4n) is 1.80. The molecule has 0 heterocycles. The number of aliphatic hydroxyl groups is 1. The number of hydrogen-bond acceptors (Lipinski definition) is 4. The van der Waals surface area contributed by atoms with E-state index in [1.165, 1.54) is 0 Å². The summed E-state index contributed by atoms with van der Waals surface area (Å²) in [5, 5.41) is 9.49. The van der Waals surface area contributed by atoms with Crippen LogP contribution in [-0.4, -0.2) is 29.8 Å². The molecule has 4 nitrogen and oxygen atoms in total. The zero-order valence-electron chi connectivity index (χ0n) is 7.90. The number of hydrogen-bond donors (Lipinski definition) is 2. The molecule has 0 bridgehead atoms. The molecule has 0 aromatic rings. The molecule has 0 amide bonds. The quantitative estimate of drug-likeness (QED) is 0.612. The Morgan fingerprint density at radius 1 is 1.69 bits per heavy atom. The van der Waals surface area contributed by atoms with Crippen LogP contribution in [0.3, 0.4) is 0 Å². The van der Waals surface area contributed by atoms with Gasteiger partial charge in [-0.2, -0.15) is 0 Å². The predicted molar refractivity (Wildman–Crippen MR) is 48.0 cm³/mol. The van der Waals surface area contributed by atoms with Gasteiger partial charge in [0.25, 0.3) is 0 Å². The van der Waals surface area contributed by atoms with Crippen LogP contribution in [0.15, 0.2) is 0 Å². The molecule has 0 radical (unpaired) electrons. The van der Waals surface area contributed by atoms with Crippen molar-refractivity contribution in [2.75, 3.05) is 6.61 Å². The van der Waals surface area contributed by atoms with E-state index < -0.39 is 18.1 Å². The van der Waals surface area contributed by atoms with Crippen LogP contribution in [0.4, 0.5) is 0 Å². The Morgan fingerprint density at radius 2 is 2.38 bits per heavy atom. The van der Waals surface area contributed by atoms with Gasteiger partial charge in [0, 0.05) is 5.92 Å². The molecule has 1 unspecified atom stereocenters.